The number of carbonyl (C=O) groups is 1. The molecule has 0 aromatic heterocycles. The molecule has 0 N–H and O–H groups in total. The van der Waals surface area contributed by atoms with Crippen molar-refractivity contribution in [2.75, 3.05) is 17.3 Å². The number of rotatable bonds is 3. The van der Waals surface area contributed by atoms with Crippen molar-refractivity contribution < 1.29 is 17.9 Å². The highest BCUT2D eigenvalue weighted by atomic mass is 35.5. The Morgan fingerprint density at radius 3 is 2.55 bits per heavy atom. The van der Waals surface area contributed by atoms with Crippen molar-refractivity contribution in [1.29, 1.82) is 0 Å². The number of ether oxygens (including phenoxy) is 1. The van der Waals surface area contributed by atoms with Gasteiger partial charge in [0.1, 0.15) is 6.10 Å². The minimum Gasteiger partial charge on any atom is -0.368 e. The number of hydrogen-bond acceptors (Lipinski definition) is 4. The van der Waals surface area contributed by atoms with Crippen LogP contribution in [0.25, 0.3) is 0 Å². The number of nitrogens with zero attached hydrogens (tertiary/aromatic N) is 1. The van der Waals surface area contributed by atoms with Crippen LogP contribution in [0.3, 0.4) is 0 Å². The molecular weight excluding hydrogens is 326 g/mol. The normalized spacial score (nSPS) is 26.2. The summed E-state index contributed by atoms with van der Waals surface area (Å²) in [5, 5.41) is 1.73. The Morgan fingerprint density at radius 1 is 1.27 bits per heavy atom. The van der Waals surface area contributed by atoms with Gasteiger partial charge in [-0.25, -0.2) is 8.42 Å². The Hall–Kier alpha value is -1.37. The summed E-state index contributed by atoms with van der Waals surface area (Å²) < 4.78 is 28.9. The smallest absolute Gasteiger partial charge is 0.256 e. The number of carbonyl (C=O) groups excluding carboxylic acids is 1. The summed E-state index contributed by atoms with van der Waals surface area (Å²) >= 11 is 5.89. The molecule has 2 heterocycles. The van der Waals surface area contributed by atoms with Gasteiger partial charge in [0.05, 0.1) is 11.8 Å². The average molecular weight is 342 g/mol. The quantitative estimate of drug-likeness (QED) is 0.845. The van der Waals surface area contributed by atoms with Gasteiger partial charge in [0.25, 0.3) is 5.91 Å². The third-order valence-electron chi connectivity index (χ3n) is 3.79. The summed E-state index contributed by atoms with van der Waals surface area (Å²) in [5.74, 6) is -0.305. The molecule has 0 radical (unpaired) electrons. The number of halogens is 1. The van der Waals surface area contributed by atoms with Crippen molar-refractivity contribution in [3.63, 3.8) is 0 Å². The molecule has 3 rings (SSSR count). The number of anilines is 1. The van der Waals surface area contributed by atoms with Crippen molar-refractivity contribution in [2.24, 2.45) is 0 Å². The van der Waals surface area contributed by atoms with Gasteiger partial charge in [-0.1, -0.05) is 11.6 Å². The zero-order chi connectivity index (χ0) is 15.7. The number of hydrogen-bond donors (Lipinski definition) is 0. The van der Waals surface area contributed by atoms with E-state index in [1.165, 1.54) is 10.3 Å². The van der Waals surface area contributed by atoms with E-state index in [0.29, 0.717) is 23.7 Å². The standard InChI is InChI=1S/C15H16ClNO4S/c16-11-3-5-12(6-4-11)17(13-7-9-22(19,20)10-13)15(18)14-2-1-8-21-14/h3-7,9,13-14H,1-2,8,10H2/t13-,14+/m1/s1. The van der Waals surface area contributed by atoms with E-state index in [1.54, 1.807) is 30.3 Å². The van der Waals surface area contributed by atoms with Crippen LogP contribution in [0, 0.1) is 0 Å². The molecule has 0 aliphatic carbocycles. The molecule has 1 amide bonds. The third-order valence-corrected chi connectivity index (χ3v) is 5.42. The fourth-order valence-electron chi connectivity index (χ4n) is 2.73. The molecule has 0 spiro atoms. The molecule has 7 heteroatoms. The van der Waals surface area contributed by atoms with Gasteiger partial charge in [-0.05, 0) is 43.2 Å². The molecular formula is C15H16ClNO4S. The maximum atomic E-state index is 12.8. The second-order valence-corrected chi connectivity index (χ2v) is 7.78. The van der Waals surface area contributed by atoms with Gasteiger partial charge in [-0.3, -0.25) is 4.79 Å². The van der Waals surface area contributed by atoms with Gasteiger partial charge in [0, 0.05) is 22.7 Å². The molecule has 0 bridgehead atoms. The Kier molecular flexibility index (Phi) is 4.25. The summed E-state index contributed by atoms with van der Waals surface area (Å²) in [6, 6.07) is 6.28. The fourth-order valence-corrected chi connectivity index (χ4v) is 4.13. The molecule has 118 valence electrons. The van der Waals surface area contributed by atoms with E-state index in [1.807, 2.05) is 0 Å². The van der Waals surface area contributed by atoms with Gasteiger partial charge in [-0.15, -0.1) is 0 Å². The van der Waals surface area contributed by atoms with Gasteiger partial charge < -0.3 is 9.64 Å². The first-order valence-electron chi connectivity index (χ1n) is 7.07. The van der Waals surface area contributed by atoms with Crippen molar-refractivity contribution in [3.8, 4) is 0 Å². The Morgan fingerprint density at radius 2 is 2.00 bits per heavy atom. The van der Waals surface area contributed by atoms with Crippen molar-refractivity contribution >= 4 is 33.0 Å². The van der Waals surface area contributed by atoms with Crippen LogP contribution >= 0.6 is 11.6 Å². The lowest BCUT2D eigenvalue weighted by Gasteiger charge is -2.29. The van der Waals surface area contributed by atoms with E-state index >= 15 is 0 Å². The highest BCUT2D eigenvalue weighted by Gasteiger charge is 2.36. The monoisotopic (exact) mass is 341 g/mol. The first kappa shape index (κ1) is 15.5. The largest absolute Gasteiger partial charge is 0.368 e. The second-order valence-electron chi connectivity index (χ2n) is 5.41. The Labute approximate surface area is 134 Å². The maximum absolute atomic E-state index is 12.8. The summed E-state index contributed by atoms with van der Waals surface area (Å²) in [4.78, 5) is 14.3. The predicted molar refractivity (Wildman–Crippen MR) is 84.6 cm³/mol. The van der Waals surface area contributed by atoms with Crippen LogP contribution in [-0.2, 0) is 19.4 Å². The summed E-state index contributed by atoms with van der Waals surface area (Å²) in [5.41, 5.74) is 0.622. The highest BCUT2D eigenvalue weighted by Crippen LogP contribution is 2.27. The molecule has 0 saturated carbocycles. The summed E-state index contributed by atoms with van der Waals surface area (Å²) in [7, 11) is -3.26. The van der Waals surface area contributed by atoms with Crippen LogP contribution in [0.4, 0.5) is 5.69 Å². The van der Waals surface area contributed by atoms with Gasteiger partial charge in [0.2, 0.25) is 0 Å². The van der Waals surface area contributed by atoms with Crippen molar-refractivity contribution in [3.05, 3.63) is 40.8 Å². The molecule has 2 aliphatic heterocycles. The lowest BCUT2D eigenvalue weighted by molar-refractivity contribution is -0.127. The number of amides is 1. The molecule has 2 atom stereocenters. The van der Waals surface area contributed by atoms with E-state index < -0.39 is 22.0 Å². The topological polar surface area (TPSA) is 63.7 Å². The molecule has 1 saturated heterocycles. The molecule has 0 unspecified atom stereocenters. The summed E-state index contributed by atoms with van der Waals surface area (Å²) in [6.07, 6.45) is 2.54. The zero-order valence-electron chi connectivity index (χ0n) is 11.8. The first-order chi connectivity index (χ1) is 10.5. The number of benzene rings is 1. The van der Waals surface area contributed by atoms with Crippen LogP contribution in [-0.4, -0.2) is 38.8 Å². The fraction of sp³-hybridized carbons (Fsp3) is 0.400. The Bertz CT molecular complexity index is 693. The van der Waals surface area contributed by atoms with E-state index in [4.69, 9.17) is 16.3 Å². The highest BCUT2D eigenvalue weighted by molar-refractivity contribution is 7.94. The van der Waals surface area contributed by atoms with Crippen LogP contribution in [0.15, 0.2) is 35.7 Å². The predicted octanol–water partition coefficient (Wildman–Crippen LogP) is 2.16. The van der Waals surface area contributed by atoms with Crippen LogP contribution < -0.4 is 4.90 Å². The molecule has 1 fully saturated rings. The van der Waals surface area contributed by atoms with Crippen LogP contribution in [0.5, 0.6) is 0 Å². The van der Waals surface area contributed by atoms with Gasteiger partial charge >= 0.3 is 0 Å². The van der Waals surface area contributed by atoms with Crippen LogP contribution in [0.1, 0.15) is 12.8 Å². The zero-order valence-corrected chi connectivity index (χ0v) is 13.4. The SMILES string of the molecule is O=C([C@@H]1CCCO1)N(c1ccc(Cl)cc1)[C@@H]1C=CS(=O)(=O)C1. The third kappa shape index (κ3) is 3.19. The minimum atomic E-state index is -3.26. The van der Waals surface area contributed by atoms with E-state index in [0.717, 1.165) is 6.42 Å². The average Bonchev–Trinajstić information content (AvgIpc) is 3.11. The van der Waals surface area contributed by atoms with Gasteiger partial charge in [0.15, 0.2) is 9.84 Å². The van der Waals surface area contributed by atoms with E-state index in [-0.39, 0.29) is 11.7 Å². The molecule has 22 heavy (non-hydrogen) atoms. The van der Waals surface area contributed by atoms with Crippen LogP contribution in [0.2, 0.25) is 5.02 Å². The van der Waals surface area contributed by atoms with E-state index in [2.05, 4.69) is 0 Å². The molecule has 1 aromatic rings. The minimum absolute atomic E-state index is 0.103. The summed E-state index contributed by atoms with van der Waals surface area (Å²) in [6.45, 7) is 0.559. The first-order valence-corrected chi connectivity index (χ1v) is 9.17. The number of sulfone groups is 1. The molecule has 1 aromatic carbocycles. The van der Waals surface area contributed by atoms with Crippen molar-refractivity contribution in [1.82, 2.24) is 0 Å². The van der Waals surface area contributed by atoms with Crippen molar-refractivity contribution in [2.45, 2.75) is 25.0 Å². The molecule has 5 nitrogen and oxygen atoms in total. The maximum Gasteiger partial charge on any atom is 0.256 e. The lowest BCUT2D eigenvalue weighted by Crippen LogP contribution is -2.46. The van der Waals surface area contributed by atoms with E-state index in [9.17, 15) is 13.2 Å². The van der Waals surface area contributed by atoms with Gasteiger partial charge in [-0.2, -0.15) is 0 Å². The Balaban J connectivity index is 1.93. The second kappa shape index (κ2) is 6.02. The molecule has 2 aliphatic rings. The lowest BCUT2D eigenvalue weighted by atomic mass is 10.1.